The summed E-state index contributed by atoms with van der Waals surface area (Å²) >= 11 is 6.17. The maximum absolute atomic E-state index is 12.8. The van der Waals surface area contributed by atoms with E-state index in [-0.39, 0.29) is 40.4 Å². The number of likely N-dealkylation sites (tertiary alicyclic amines) is 1. The zero-order chi connectivity index (χ0) is 19.4. The van der Waals surface area contributed by atoms with Gasteiger partial charge in [0.05, 0.1) is 11.2 Å². The van der Waals surface area contributed by atoms with E-state index in [0.29, 0.717) is 18.9 Å². The van der Waals surface area contributed by atoms with Gasteiger partial charge in [0, 0.05) is 31.0 Å². The Morgan fingerprint density at radius 2 is 1.81 bits per heavy atom. The van der Waals surface area contributed by atoms with Gasteiger partial charge in [0.1, 0.15) is 5.82 Å². The molecule has 1 aromatic rings. The summed E-state index contributed by atoms with van der Waals surface area (Å²) in [4.78, 5) is 35.6. The van der Waals surface area contributed by atoms with Crippen molar-refractivity contribution in [2.45, 2.75) is 70.8 Å². The number of nitrogens with zero attached hydrogens (tertiary/aromatic N) is 3. The van der Waals surface area contributed by atoms with Gasteiger partial charge in [-0.3, -0.25) is 9.59 Å². The monoisotopic (exact) mass is 392 g/mol. The molecule has 6 nitrogen and oxygen atoms in total. The highest BCUT2D eigenvalue weighted by Gasteiger charge is 2.29. The highest BCUT2D eigenvalue weighted by Crippen LogP contribution is 2.25. The van der Waals surface area contributed by atoms with Gasteiger partial charge in [0.25, 0.3) is 5.91 Å². The lowest BCUT2D eigenvalue weighted by Crippen LogP contribution is -2.48. The molecule has 0 radical (unpaired) electrons. The van der Waals surface area contributed by atoms with Crippen LogP contribution in [0.3, 0.4) is 0 Å². The first-order valence-electron chi connectivity index (χ1n) is 10.1. The van der Waals surface area contributed by atoms with E-state index in [1.54, 1.807) is 4.90 Å². The van der Waals surface area contributed by atoms with Gasteiger partial charge in [-0.2, -0.15) is 0 Å². The van der Waals surface area contributed by atoms with Crippen molar-refractivity contribution in [2.75, 3.05) is 13.1 Å². The zero-order valence-electron chi connectivity index (χ0n) is 16.2. The lowest BCUT2D eigenvalue weighted by Gasteiger charge is -2.33. The minimum atomic E-state index is -0.152. The molecule has 0 atom stereocenters. The molecule has 0 aromatic carbocycles. The summed E-state index contributed by atoms with van der Waals surface area (Å²) in [5, 5.41) is 3.48. The van der Waals surface area contributed by atoms with Crippen LogP contribution in [0.25, 0.3) is 0 Å². The van der Waals surface area contributed by atoms with Crippen molar-refractivity contribution in [1.82, 2.24) is 20.2 Å². The fraction of sp³-hybridized carbons (Fsp3) is 0.700. The van der Waals surface area contributed by atoms with Gasteiger partial charge in [-0.25, -0.2) is 9.97 Å². The Hall–Kier alpha value is -1.69. The van der Waals surface area contributed by atoms with E-state index in [9.17, 15) is 9.59 Å². The molecule has 0 bridgehead atoms. The SMILES string of the molecule is CC(C)c1ncc(Cl)c(C(=O)N2CCC(NC(=O)C3CCCCC3)CC2)n1. The van der Waals surface area contributed by atoms with E-state index in [1.807, 2.05) is 13.8 Å². The van der Waals surface area contributed by atoms with E-state index in [2.05, 4.69) is 15.3 Å². The van der Waals surface area contributed by atoms with E-state index in [0.717, 1.165) is 38.5 Å². The summed E-state index contributed by atoms with van der Waals surface area (Å²) in [7, 11) is 0. The van der Waals surface area contributed by atoms with Gasteiger partial charge in [-0.05, 0) is 25.7 Å². The topological polar surface area (TPSA) is 75.2 Å². The Morgan fingerprint density at radius 1 is 1.15 bits per heavy atom. The van der Waals surface area contributed by atoms with Crippen molar-refractivity contribution in [2.24, 2.45) is 5.92 Å². The number of aromatic nitrogens is 2. The molecule has 2 aliphatic rings. The molecule has 0 spiro atoms. The molecule has 1 aromatic heterocycles. The maximum atomic E-state index is 12.8. The number of hydrogen-bond acceptors (Lipinski definition) is 4. The van der Waals surface area contributed by atoms with Gasteiger partial charge in [-0.1, -0.05) is 44.7 Å². The van der Waals surface area contributed by atoms with Crippen LogP contribution in [0.5, 0.6) is 0 Å². The summed E-state index contributed by atoms with van der Waals surface area (Å²) in [6.45, 7) is 5.17. The average molecular weight is 393 g/mol. The molecule has 1 N–H and O–H groups in total. The van der Waals surface area contributed by atoms with Crippen molar-refractivity contribution >= 4 is 23.4 Å². The Labute approximate surface area is 166 Å². The van der Waals surface area contributed by atoms with Crippen LogP contribution in [0.15, 0.2) is 6.20 Å². The normalized spacial score (nSPS) is 19.3. The molecular weight excluding hydrogens is 364 g/mol. The Bertz CT molecular complexity index is 681. The zero-order valence-corrected chi connectivity index (χ0v) is 17.0. The quantitative estimate of drug-likeness (QED) is 0.850. The predicted octanol–water partition coefficient (Wildman–Crippen LogP) is 3.55. The van der Waals surface area contributed by atoms with Crippen LogP contribution in [-0.4, -0.2) is 45.8 Å². The third kappa shape index (κ3) is 4.98. The van der Waals surface area contributed by atoms with Gasteiger partial charge in [-0.15, -0.1) is 0 Å². The molecule has 2 amide bonds. The number of halogens is 1. The first-order chi connectivity index (χ1) is 13.0. The Balaban J connectivity index is 1.55. The largest absolute Gasteiger partial charge is 0.353 e. The summed E-state index contributed by atoms with van der Waals surface area (Å²) in [5.74, 6) is 0.973. The van der Waals surface area contributed by atoms with Crippen molar-refractivity contribution in [3.63, 3.8) is 0 Å². The fourth-order valence-corrected chi connectivity index (χ4v) is 4.04. The molecule has 148 valence electrons. The molecule has 1 saturated heterocycles. The smallest absolute Gasteiger partial charge is 0.274 e. The second-order valence-electron chi connectivity index (χ2n) is 7.99. The predicted molar refractivity (Wildman–Crippen MR) is 105 cm³/mol. The summed E-state index contributed by atoms with van der Waals surface area (Å²) < 4.78 is 0. The average Bonchev–Trinajstić information content (AvgIpc) is 2.69. The van der Waals surface area contributed by atoms with Gasteiger partial charge in [0.15, 0.2) is 5.69 Å². The van der Waals surface area contributed by atoms with Gasteiger partial charge in [0.2, 0.25) is 5.91 Å². The lowest BCUT2D eigenvalue weighted by molar-refractivity contribution is -0.126. The third-order valence-corrected chi connectivity index (χ3v) is 5.86. The highest BCUT2D eigenvalue weighted by atomic mass is 35.5. The maximum Gasteiger partial charge on any atom is 0.274 e. The Kier molecular flexibility index (Phi) is 6.68. The second-order valence-corrected chi connectivity index (χ2v) is 8.40. The molecule has 0 unspecified atom stereocenters. The lowest BCUT2D eigenvalue weighted by atomic mass is 9.88. The highest BCUT2D eigenvalue weighted by molar-refractivity contribution is 6.33. The van der Waals surface area contributed by atoms with E-state index in [4.69, 9.17) is 11.6 Å². The molecule has 1 saturated carbocycles. The standard InChI is InChI=1S/C20H29ClN4O2/c1-13(2)18-22-12-16(21)17(24-18)20(27)25-10-8-15(9-11-25)23-19(26)14-6-4-3-5-7-14/h12-15H,3-11H2,1-2H3,(H,23,26). The van der Waals surface area contributed by atoms with Gasteiger partial charge < -0.3 is 10.2 Å². The first-order valence-corrected chi connectivity index (χ1v) is 10.5. The van der Waals surface area contributed by atoms with Crippen LogP contribution in [0, 0.1) is 5.92 Å². The first kappa shape index (κ1) is 20.1. The summed E-state index contributed by atoms with van der Waals surface area (Å²) in [6, 6.07) is 0.149. The van der Waals surface area contributed by atoms with Crippen LogP contribution in [0.1, 0.15) is 81.0 Å². The van der Waals surface area contributed by atoms with Crippen LogP contribution >= 0.6 is 11.6 Å². The van der Waals surface area contributed by atoms with Crippen molar-refractivity contribution in [3.8, 4) is 0 Å². The fourth-order valence-electron chi connectivity index (χ4n) is 3.87. The van der Waals surface area contributed by atoms with Crippen LogP contribution < -0.4 is 5.32 Å². The molecular formula is C20H29ClN4O2. The number of hydrogen-bond donors (Lipinski definition) is 1. The van der Waals surface area contributed by atoms with Crippen LogP contribution in [0.4, 0.5) is 0 Å². The van der Waals surface area contributed by atoms with E-state index in [1.165, 1.54) is 12.6 Å². The number of amides is 2. The van der Waals surface area contributed by atoms with E-state index >= 15 is 0 Å². The number of carbonyl (C=O) groups excluding carboxylic acids is 2. The van der Waals surface area contributed by atoms with Crippen molar-refractivity contribution < 1.29 is 9.59 Å². The minimum absolute atomic E-state index is 0.134. The minimum Gasteiger partial charge on any atom is -0.353 e. The molecule has 2 heterocycles. The molecule has 1 aliphatic heterocycles. The summed E-state index contributed by atoms with van der Waals surface area (Å²) in [5.41, 5.74) is 0.278. The Morgan fingerprint density at radius 3 is 2.44 bits per heavy atom. The number of nitrogens with one attached hydrogen (secondary N) is 1. The number of rotatable bonds is 4. The molecule has 2 fully saturated rings. The summed E-state index contributed by atoms with van der Waals surface area (Å²) in [6.07, 6.45) is 8.61. The number of piperidine rings is 1. The number of carbonyl (C=O) groups is 2. The van der Waals surface area contributed by atoms with Crippen molar-refractivity contribution in [1.29, 1.82) is 0 Å². The molecule has 7 heteroatoms. The van der Waals surface area contributed by atoms with Gasteiger partial charge >= 0.3 is 0 Å². The third-order valence-electron chi connectivity index (χ3n) is 5.59. The van der Waals surface area contributed by atoms with Crippen LogP contribution in [-0.2, 0) is 4.79 Å². The second kappa shape index (κ2) is 9.00. The molecule has 3 rings (SSSR count). The molecule has 1 aliphatic carbocycles. The molecule has 27 heavy (non-hydrogen) atoms. The van der Waals surface area contributed by atoms with Crippen LogP contribution in [0.2, 0.25) is 5.02 Å². The van der Waals surface area contributed by atoms with E-state index < -0.39 is 0 Å². The van der Waals surface area contributed by atoms with Crippen molar-refractivity contribution in [3.05, 3.63) is 22.7 Å².